The Morgan fingerprint density at radius 2 is 1.33 bits per heavy atom. The van der Waals surface area contributed by atoms with Crippen molar-refractivity contribution in [2.45, 2.75) is 44.6 Å². The van der Waals surface area contributed by atoms with Crippen LogP contribution in [-0.4, -0.2) is 24.6 Å². The Hall–Kier alpha value is -1.84. The monoisotopic (exact) mass is 328 g/mol. The molecule has 0 heterocycles. The van der Waals surface area contributed by atoms with E-state index in [-0.39, 0.29) is 11.6 Å². The van der Waals surface area contributed by atoms with Crippen LogP contribution in [0.5, 0.6) is 0 Å². The van der Waals surface area contributed by atoms with Gasteiger partial charge in [-0.1, -0.05) is 0 Å². The summed E-state index contributed by atoms with van der Waals surface area (Å²) in [4.78, 5) is 24.1. The normalized spacial score (nSPS) is 36.4. The number of carbonyl (C=O) groups excluding carboxylic acids is 2. The molecular weight excluding hydrogens is 304 g/mol. The fraction of sp³-hybridized carbons (Fsp3) is 0.600. The summed E-state index contributed by atoms with van der Waals surface area (Å²) in [6.07, 6.45) is 6.21. The molecule has 5 rings (SSSR count). The molecular formula is C20H24O4. The van der Waals surface area contributed by atoms with Crippen LogP contribution in [0.4, 0.5) is 0 Å². The van der Waals surface area contributed by atoms with E-state index in [1.165, 1.54) is 39.2 Å². The van der Waals surface area contributed by atoms with Gasteiger partial charge < -0.3 is 9.47 Å². The van der Waals surface area contributed by atoms with Gasteiger partial charge in [-0.3, -0.25) is 0 Å². The van der Waals surface area contributed by atoms with Crippen LogP contribution in [0.25, 0.3) is 0 Å². The van der Waals surface area contributed by atoms with E-state index in [0.717, 1.165) is 11.8 Å². The van der Waals surface area contributed by atoms with Gasteiger partial charge in [0.2, 0.25) is 0 Å². The first-order chi connectivity index (χ1) is 11.5. The molecule has 0 aliphatic heterocycles. The van der Waals surface area contributed by atoms with Crippen molar-refractivity contribution in [2.75, 3.05) is 7.11 Å². The third kappa shape index (κ3) is 2.43. The molecule has 0 aromatic heterocycles. The van der Waals surface area contributed by atoms with E-state index in [4.69, 9.17) is 4.74 Å². The largest absolute Gasteiger partial charge is 0.465 e. The number of ether oxygens (including phenoxy) is 2. The standard InChI is InChI=1S/C20H24O4/c1-20(16-8-12-7-13(10-16)11-17(20)9-12)24-19(22)15-5-3-14(4-6-15)18(21)23-2/h3-6,12-13,16-17H,7-11H2,1-2H3. The molecule has 1 aromatic rings. The smallest absolute Gasteiger partial charge is 0.338 e. The van der Waals surface area contributed by atoms with Crippen LogP contribution in [0.1, 0.15) is 59.7 Å². The van der Waals surface area contributed by atoms with Crippen molar-refractivity contribution in [3.63, 3.8) is 0 Å². The number of methoxy groups -OCH3 is 1. The summed E-state index contributed by atoms with van der Waals surface area (Å²) in [5.74, 6) is 2.03. The Labute approximate surface area is 142 Å². The van der Waals surface area contributed by atoms with Crippen LogP contribution in [-0.2, 0) is 9.47 Å². The molecule has 1 aromatic carbocycles. The molecule has 0 atom stereocenters. The molecule has 0 N–H and O–H groups in total. The lowest BCUT2D eigenvalue weighted by atomic mass is 9.50. The number of hydrogen-bond donors (Lipinski definition) is 0. The first kappa shape index (κ1) is 15.7. The van der Waals surface area contributed by atoms with Crippen LogP contribution in [0.2, 0.25) is 0 Å². The van der Waals surface area contributed by atoms with Crippen molar-refractivity contribution in [3.05, 3.63) is 35.4 Å². The van der Waals surface area contributed by atoms with E-state index in [0.29, 0.717) is 23.0 Å². The van der Waals surface area contributed by atoms with Gasteiger partial charge in [-0.05, 0) is 87.0 Å². The molecule has 128 valence electrons. The Bertz CT molecular complexity index is 633. The number of esters is 2. The molecule has 0 saturated heterocycles. The highest BCUT2D eigenvalue weighted by molar-refractivity contribution is 5.93. The highest BCUT2D eigenvalue weighted by Crippen LogP contribution is 2.59. The maximum Gasteiger partial charge on any atom is 0.338 e. The first-order valence-corrected chi connectivity index (χ1v) is 8.91. The fourth-order valence-corrected chi connectivity index (χ4v) is 5.41. The molecule has 24 heavy (non-hydrogen) atoms. The van der Waals surface area contributed by atoms with Gasteiger partial charge in [-0.15, -0.1) is 0 Å². The molecule has 4 heteroatoms. The second-order valence-electron chi connectivity index (χ2n) is 7.95. The molecule has 4 bridgehead atoms. The topological polar surface area (TPSA) is 52.6 Å². The van der Waals surface area contributed by atoms with Crippen LogP contribution < -0.4 is 0 Å². The number of rotatable bonds is 3. The quantitative estimate of drug-likeness (QED) is 0.791. The molecule has 4 nitrogen and oxygen atoms in total. The van der Waals surface area contributed by atoms with E-state index in [1.807, 2.05) is 0 Å². The van der Waals surface area contributed by atoms with Gasteiger partial charge >= 0.3 is 11.9 Å². The third-order valence-electron chi connectivity index (χ3n) is 6.61. The van der Waals surface area contributed by atoms with E-state index < -0.39 is 5.97 Å². The zero-order chi connectivity index (χ0) is 16.9. The molecule has 4 saturated carbocycles. The van der Waals surface area contributed by atoms with E-state index in [2.05, 4.69) is 11.7 Å². The average Bonchev–Trinajstić information content (AvgIpc) is 2.58. The van der Waals surface area contributed by atoms with Gasteiger partial charge in [-0.25, -0.2) is 9.59 Å². The summed E-state index contributed by atoms with van der Waals surface area (Å²) < 4.78 is 10.8. The minimum absolute atomic E-state index is 0.276. The lowest BCUT2D eigenvalue weighted by molar-refractivity contribution is -0.165. The fourth-order valence-electron chi connectivity index (χ4n) is 5.41. The third-order valence-corrected chi connectivity index (χ3v) is 6.61. The van der Waals surface area contributed by atoms with Gasteiger partial charge in [0.1, 0.15) is 5.60 Å². The summed E-state index contributed by atoms with van der Waals surface area (Å²) in [5.41, 5.74) is 0.610. The van der Waals surface area contributed by atoms with Crippen LogP contribution in [0.3, 0.4) is 0 Å². The maximum absolute atomic E-state index is 12.7. The summed E-state index contributed by atoms with van der Waals surface area (Å²) in [7, 11) is 1.34. The van der Waals surface area contributed by atoms with Crippen molar-refractivity contribution in [2.24, 2.45) is 23.7 Å². The van der Waals surface area contributed by atoms with E-state index in [9.17, 15) is 9.59 Å². The number of carbonyl (C=O) groups is 2. The Morgan fingerprint density at radius 3 is 1.79 bits per heavy atom. The van der Waals surface area contributed by atoms with Crippen LogP contribution in [0.15, 0.2) is 24.3 Å². The lowest BCUT2D eigenvalue weighted by Gasteiger charge is -2.59. The lowest BCUT2D eigenvalue weighted by Crippen LogP contribution is -2.58. The summed E-state index contributed by atoms with van der Waals surface area (Å²) >= 11 is 0. The van der Waals surface area contributed by atoms with Gasteiger partial charge in [0.05, 0.1) is 18.2 Å². The molecule has 0 radical (unpaired) electrons. The Kier molecular flexibility index (Phi) is 3.66. The summed E-state index contributed by atoms with van der Waals surface area (Å²) in [5, 5.41) is 0. The maximum atomic E-state index is 12.7. The second-order valence-corrected chi connectivity index (χ2v) is 7.95. The average molecular weight is 328 g/mol. The number of hydrogen-bond acceptors (Lipinski definition) is 4. The summed E-state index contributed by atoms with van der Waals surface area (Å²) in [6, 6.07) is 6.52. The van der Waals surface area contributed by atoms with Crippen molar-refractivity contribution in [3.8, 4) is 0 Å². The van der Waals surface area contributed by atoms with Crippen molar-refractivity contribution in [1.29, 1.82) is 0 Å². The molecule has 4 fully saturated rings. The summed E-state index contributed by atoms with van der Waals surface area (Å²) in [6.45, 7) is 2.14. The molecule has 0 unspecified atom stereocenters. The Morgan fingerprint density at radius 1 is 0.875 bits per heavy atom. The minimum Gasteiger partial charge on any atom is -0.465 e. The van der Waals surface area contributed by atoms with E-state index in [1.54, 1.807) is 24.3 Å². The minimum atomic E-state index is -0.400. The Balaban J connectivity index is 1.50. The van der Waals surface area contributed by atoms with Gasteiger partial charge in [0, 0.05) is 0 Å². The second kappa shape index (κ2) is 5.61. The van der Waals surface area contributed by atoms with Gasteiger partial charge in [0.25, 0.3) is 0 Å². The zero-order valence-electron chi connectivity index (χ0n) is 14.3. The zero-order valence-corrected chi connectivity index (χ0v) is 14.3. The van der Waals surface area contributed by atoms with Crippen molar-refractivity contribution in [1.82, 2.24) is 0 Å². The SMILES string of the molecule is COC(=O)c1ccc(C(=O)OC2(C)C3CC4CC(C3)CC2C4)cc1. The highest BCUT2D eigenvalue weighted by atomic mass is 16.6. The van der Waals surface area contributed by atoms with Crippen LogP contribution >= 0.6 is 0 Å². The first-order valence-electron chi connectivity index (χ1n) is 8.91. The van der Waals surface area contributed by atoms with Crippen molar-refractivity contribution >= 4 is 11.9 Å². The molecule has 0 amide bonds. The van der Waals surface area contributed by atoms with E-state index >= 15 is 0 Å². The van der Waals surface area contributed by atoms with Gasteiger partial charge in [0.15, 0.2) is 0 Å². The van der Waals surface area contributed by atoms with Crippen LogP contribution in [0, 0.1) is 23.7 Å². The molecule has 0 spiro atoms. The molecule has 4 aliphatic carbocycles. The molecule has 4 aliphatic rings. The van der Waals surface area contributed by atoms with Crippen molar-refractivity contribution < 1.29 is 19.1 Å². The predicted octanol–water partition coefficient (Wildman–Crippen LogP) is 3.84. The highest BCUT2D eigenvalue weighted by Gasteiger charge is 2.57. The van der Waals surface area contributed by atoms with Gasteiger partial charge in [-0.2, -0.15) is 0 Å². The predicted molar refractivity (Wildman–Crippen MR) is 88.6 cm³/mol. The number of benzene rings is 1.